The van der Waals surface area contributed by atoms with E-state index in [9.17, 15) is 8.42 Å². The Morgan fingerprint density at radius 2 is 2.20 bits per heavy atom. The average Bonchev–Trinajstić information content (AvgIpc) is 2.86. The van der Waals surface area contributed by atoms with Crippen molar-refractivity contribution >= 4 is 10.1 Å². The van der Waals surface area contributed by atoms with Gasteiger partial charge in [-0.2, -0.15) is 8.42 Å². The number of hydrogen-bond acceptors (Lipinski definition) is 3. The Labute approximate surface area is 92.3 Å². The smallest absolute Gasteiger partial charge is 0.264 e. The van der Waals surface area contributed by atoms with Crippen LogP contribution in [-0.4, -0.2) is 21.3 Å². The van der Waals surface area contributed by atoms with Crippen molar-refractivity contribution in [2.75, 3.05) is 12.9 Å². The Morgan fingerprint density at radius 1 is 1.40 bits per heavy atom. The summed E-state index contributed by atoms with van der Waals surface area (Å²) in [6.07, 6.45) is 10.1. The summed E-state index contributed by atoms with van der Waals surface area (Å²) in [4.78, 5) is 0. The second kappa shape index (κ2) is 4.06. The first-order valence-corrected chi connectivity index (χ1v) is 7.68. The van der Waals surface area contributed by atoms with Gasteiger partial charge < -0.3 is 0 Å². The topological polar surface area (TPSA) is 43.4 Å². The van der Waals surface area contributed by atoms with Gasteiger partial charge in [0.05, 0.1) is 12.9 Å². The van der Waals surface area contributed by atoms with Gasteiger partial charge in [0, 0.05) is 0 Å². The van der Waals surface area contributed by atoms with Crippen molar-refractivity contribution in [3.05, 3.63) is 0 Å². The Morgan fingerprint density at radius 3 is 2.87 bits per heavy atom. The van der Waals surface area contributed by atoms with Gasteiger partial charge in [-0.1, -0.05) is 12.8 Å². The largest absolute Gasteiger partial charge is 0.270 e. The summed E-state index contributed by atoms with van der Waals surface area (Å²) in [5.74, 6) is 0.949. The molecule has 3 nitrogen and oxygen atoms in total. The van der Waals surface area contributed by atoms with E-state index in [1.807, 2.05) is 0 Å². The second-order valence-electron chi connectivity index (χ2n) is 5.14. The van der Waals surface area contributed by atoms with E-state index in [0.717, 1.165) is 25.0 Å². The molecule has 0 aromatic carbocycles. The molecule has 15 heavy (non-hydrogen) atoms. The molecule has 2 aliphatic rings. The molecule has 0 N–H and O–H groups in total. The molecular weight excluding hydrogens is 212 g/mol. The summed E-state index contributed by atoms with van der Waals surface area (Å²) in [5.41, 5.74) is 0.596. The summed E-state index contributed by atoms with van der Waals surface area (Å²) < 4.78 is 26.3. The van der Waals surface area contributed by atoms with Gasteiger partial charge in [-0.25, -0.2) is 0 Å². The van der Waals surface area contributed by atoms with Crippen LogP contribution in [0.4, 0.5) is 0 Å². The van der Waals surface area contributed by atoms with Crippen LogP contribution >= 0.6 is 0 Å². The minimum absolute atomic E-state index is 0.368. The van der Waals surface area contributed by atoms with E-state index >= 15 is 0 Å². The molecule has 0 unspecified atom stereocenters. The van der Waals surface area contributed by atoms with Crippen LogP contribution in [0, 0.1) is 11.3 Å². The van der Waals surface area contributed by atoms with Crippen LogP contribution in [-0.2, 0) is 14.3 Å². The molecule has 0 aromatic heterocycles. The van der Waals surface area contributed by atoms with Gasteiger partial charge in [0.1, 0.15) is 0 Å². The van der Waals surface area contributed by atoms with E-state index in [-0.39, 0.29) is 0 Å². The lowest BCUT2D eigenvalue weighted by Crippen LogP contribution is -2.11. The van der Waals surface area contributed by atoms with E-state index < -0.39 is 10.1 Å². The summed E-state index contributed by atoms with van der Waals surface area (Å²) in [7, 11) is -3.23. The van der Waals surface area contributed by atoms with Crippen LogP contribution in [0.2, 0.25) is 0 Å². The zero-order chi connectivity index (χ0) is 10.9. The minimum atomic E-state index is -3.23. The highest BCUT2D eigenvalue weighted by Crippen LogP contribution is 2.63. The third kappa shape index (κ3) is 2.94. The van der Waals surface area contributed by atoms with Gasteiger partial charge >= 0.3 is 0 Å². The first kappa shape index (κ1) is 11.4. The molecule has 2 saturated carbocycles. The van der Waals surface area contributed by atoms with Gasteiger partial charge in [-0.05, 0) is 43.4 Å². The average molecular weight is 232 g/mol. The van der Waals surface area contributed by atoms with Crippen molar-refractivity contribution in [3.63, 3.8) is 0 Å². The SMILES string of the molecule is CS(=O)(=O)OCCC[C@]12CCCC[C@H]1C2. The molecule has 2 atom stereocenters. The van der Waals surface area contributed by atoms with Gasteiger partial charge in [-0.15, -0.1) is 0 Å². The molecule has 0 saturated heterocycles. The molecule has 2 aliphatic carbocycles. The van der Waals surface area contributed by atoms with Gasteiger partial charge in [0.2, 0.25) is 0 Å². The molecule has 0 bridgehead atoms. The highest BCUT2D eigenvalue weighted by molar-refractivity contribution is 7.85. The third-order valence-electron chi connectivity index (χ3n) is 3.95. The third-order valence-corrected chi connectivity index (χ3v) is 4.55. The van der Waals surface area contributed by atoms with E-state index in [1.165, 1.54) is 32.1 Å². The molecule has 0 heterocycles. The van der Waals surface area contributed by atoms with Crippen LogP contribution in [0.1, 0.15) is 44.9 Å². The van der Waals surface area contributed by atoms with Crippen molar-refractivity contribution in [2.45, 2.75) is 44.9 Å². The summed E-state index contributed by atoms with van der Waals surface area (Å²) in [5, 5.41) is 0. The highest BCUT2D eigenvalue weighted by atomic mass is 32.2. The normalized spacial score (nSPS) is 34.9. The first-order valence-electron chi connectivity index (χ1n) is 5.86. The predicted octanol–water partition coefficient (Wildman–Crippen LogP) is 2.32. The zero-order valence-electron chi connectivity index (χ0n) is 9.37. The highest BCUT2D eigenvalue weighted by Gasteiger charge is 2.53. The lowest BCUT2D eigenvalue weighted by molar-refractivity contribution is 0.261. The second-order valence-corrected chi connectivity index (χ2v) is 6.78. The predicted molar refractivity (Wildman–Crippen MR) is 59.0 cm³/mol. The Kier molecular flexibility index (Phi) is 3.08. The number of hydrogen-bond donors (Lipinski definition) is 0. The van der Waals surface area contributed by atoms with E-state index in [0.29, 0.717) is 12.0 Å². The quantitative estimate of drug-likeness (QED) is 0.539. The Balaban J connectivity index is 1.67. The van der Waals surface area contributed by atoms with Crippen LogP contribution in [0.15, 0.2) is 0 Å². The van der Waals surface area contributed by atoms with Crippen molar-refractivity contribution in [1.29, 1.82) is 0 Å². The minimum Gasteiger partial charge on any atom is -0.270 e. The summed E-state index contributed by atoms with van der Waals surface area (Å²) in [6, 6.07) is 0. The standard InChI is InChI=1S/C11H20O3S/c1-15(12,13)14-8-4-7-11-6-3-2-5-10(11)9-11/h10H,2-9H2,1H3/t10-,11-/m0/s1. The van der Waals surface area contributed by atoms with Crippen molar-refractivity contribution in [2.24, 2.45) is 11.3 Å². The molecule has 4 heteroatoms. The van der Waals surface area contributed by atoms with Crippen LogP contribution < -0.4 is 0 Å². The molecular formula is C11H20O3S. The lowest BCUT2D eigenvalue weighted by atomic mass is 9.85. The van der Waals surface area contributed by atoms with Gasteiger partial charge in [0.25, 0.3) is 10.1 Å². The van der Waals surface area contributed by atoms with E-state index in [1.54, 1.807) is 0 Å². The van der Waals surface area contributed by atoms with Crippen LogP contribution in [0.25, 0.3) is 0 Å². The molecule has 0 aliphatic heterocycles. The lowest BCUT2D eigenvalue weighted by Gasteiger charge is -2.21. The maximum Gasteiger partial charge on any atom is 0.264 e. The molecule has 0 amide bonds. The maximum absolute atomic E-state index is 10.8. The first-order chi connectivity index (χ1) is 7.02. The van der Waals surface area contributed by atoms with Gasteiger partial charge in [0.15, 0.2) is 0 Å². The fourth-order valence-corrected chi connectivity index (χ4v) is 3.50. The monoisotopic (exact) mass is 232 g/mol. The Bertz CT molecular complexity index is 323. The molecule has 0 radical (unpaired) electrons. The van der Waals surface area contributed by atoms with Crippen LogP contribution in [0.5, 0.6) is 0 Å². The summed E-state index contributed by atoms with van der Waals surface area (Å²) in [6.45, 7) is 0.368. The van der Waals surface area contributed by atoms with Crippen LogP contribution in [0.3, 0.4) is 0 Å². The number of fused-ring (bicyclic) bond motifs is 1. The maximum atomic E-state index is 10.8. The Hall–Kier alpha value is -0.0900. The van der Waals surface area contributed by atoms with Gasteiger partial charge in [-0.3, -0.25) is 4.18 Å². The fraction of sp³-hybridized carbons (Fsp3) is 1.00. The van der Waals surface area contributed by atoms with E-state index in [2.05, 4.69) is 0 Å². The van der Waals surface area contributed by atoms with Crippen molar-refractivity contribution < 1.29 is 12.6 Å². The number of rotatable bonds is 5. The zero-order valence-corrected chi connectivity index (χ0v) is 10.2. The van der Waals surface area contributed by atoms with Crippen molar-refractivity contribution in [3.8, 4) is 0 Å². The van der Waals surface area contributed by atoms with E-state index in [4.69, 9.17) is 4.18 Å². The van der Waals surface area contributed by atoms with Crippen molar-refractivity contribution in [1.82, 2.24) is 0 Å². The summed E-state index contributed by atoms with van der Waals surface area (Å²) >= 11 is 0. The molecule has 88 valence electrons. The molecule has 0 spiro atoms. The molecule has 0 aromatic rings. The molecule has 2 fully saturated rings. The fourth-order valence-electron chi connectivity index (χ4n) is 3.08. The molecule has 2 rings (SSSR count).